The number of nitrogens with one attached hydrogen (secondary N) is 1. The number of hydrogen-bond donors (Lipinski definition) is 1. The molecule has 1 heterocycles. The minimum absolute atomic E-state index is 0.678. The highest BCUT2D eigenvalue weighted by molar-refractivity contribution is 5.48. The van der Waals surface area contributed by atoms with Gasteiger partial charge in [0.05, 0.1) is 0 Å². The zero-order valence-electron chi connectivity index (χ0n) is 11.6. The maximum atomic E-state index is 4.55. The van der Waals surface area contributed by atoms with Gasteiger partial charge in [-0.3, -0.25) is 0 Å². The van der Waals surface area contributed by atoms with Gasteiger partial charge in [-0.2, -0.15) is 4.98 Å². The van der Waals surface area contributed by atoms with E-state index >= 15 is 0 Å². The van der Waals surface area contributed by atoms with Crippen LogP contribution in [0, 0.1) is 12.8 Å². The maximum Gasteiger partial charge on any atom is 0.224 e. The molecule has 0 saturated heterocycles. The minimum atomic E-state index is 0.678. The summed E-state index contributed by atoms with van der Waals surface area (Å²) in [4.78, 5) is 11.0. The van der Waals surface area contributed by atoms with Crippen LogP contribution in [0.1, 0.15) is 32.8 Å². The van der Waals surface area contributed by atoms with Crippen LogP contribution < -0.4 is 10.2 Å². The third-order valence-corrected chi connectivity index (χ3v) is 2.92. The first kappa shape index (κ1) is 13.7. The third kappa shape index (κ3) is 3.88. The van der Waals surface area contributed by atoms with Crippen molar-refractivity contribution in [3.63, 3.8) is 0 Å². The summed E-state index contributed by atoms with van der Waals surface area (Å²) in [5.41, 5.74) is 1.12. The summed E-state index contributed by atoms with van der Waals surface area (Å²) >= 11 is 0. The van der Waals surface area contributed by atoms with Crippen LogP contribution in [-0.2, 0) is 0 Å². The zero-order chi connectivity index (χ0) is 12.8. The standard InChI is InChI=1S/C13H24N4/c1-6-10(3)9-17(5)12-11(4)8-15-13(16-12)14-7-2/h8,10H,6-7,9H2,1-5H3,(H,14,15,16). The molecule has 4 heteroatoms. The molecule has 4 nitrogen and oxygen atoms in total. The Balaban J connectivity index is 2.83. The molecule has 0 aliphatic rings. The molecule has 1 atom stereocenters. The molecule has 0 bridgehead atoms. The van der Waals surface area contributed by atoms with Crippen molar-refractivity contribution in [1.29, 1.82) is 0 Å². The summed E-state index contributed by atoms with van der Waals surface area (Å²) < 4.78 is 0. The monoisotopic (exact) mass is 236 g/mol. The van der Waals surface area contributed by atoms with E-state index in [1.807, 2.05) is 13.1 Å². The van der Waals surface area contributed by atoms with Crippen molar-refractivity contribution in [3.8, 4) is 0 Å². The second kappa shape index (κ2) is 6.42. The predicted molar refractivity (Wildman–Crippen MR) is 73.7 cm³/mol. The Morgan fingerprint density at radius 1 is 1.41 bits per heavy atom. The molecule has 0 aliphatic carbocycles. The predicted octanol–water partition coefficient (Wildman–Crippen LogP) is 2.70. The SMILES string of the molecule is CCNc1ncc(C)c(N(C)CC(C)CC)n1. The van der Waals surface area contributed by atoms with Gasteiger partial charge in [0.1, 0.15) is 5.82 Å². The van der Waals surface area contributed by atoms with E-state index in [2.05, 4.69) is 48.0 Å². The van der Waals surface area contributed by atoms with Crippen LogP contribution in [0.4, 0.5) is 11.8 Å². The second-order valence-corrected chi connectivity index (χ2v) is 4.62. The van der Waals surface area contributed by atoms with Crippen LogP contribution in [0.2, 0.25) is 0 Å². The highest BCUT2D eigenvalue weighted by Crippen LogP contribution is 2.18. The number of aromatic nitrogens is 2. The van der Waals surface area contributed by atoms with Crippen LogP contribution in [0.25, 0.3) is 0 Å². The van der Waals surface area contributed by atoms with Gasteiger partial charge in [0.15, 0.2) is 0 Å². The van der Waals surface area contributed by atoms with E-state index < -0.39 is 0 Å². The van der Waals surface area contributed by atoms with Crippen LogP contribution in [0.5, 0.6) is 0 Å². The number of anilines is 2. The van der Waals surface area contributed by atoms with Crippen molar-refractivity contribution in [2.75, 3.05) is 30.4 Å². The molecule has 0 saturated carbocycles. The summed E-state index contributed by atoms with van der Waals surface area (Å²) in [6.45, 7) is 10.5. The van der Waals surface area contributed by atoms with Gasteiger partial charge >= 0.3 is 0 Å². The Morgan fingerprint density at radius 2 is 2.12 bits per heavy atom. The molecule has 1 N–H and O–H groups in total. The summed E-state index contributed by atoms with van der Waals surface area (Å²) in [7, 11) is 2.09. The van der Waals surface area contributed by atoms with Crippen molar-refractivity contribution in [1.82, 2.24) is 9.97 Å². The maximum absolute atomic E-state index is 4.55. The third-order valence-electron chi connectivity index (χ3n) is 2.92. The minimum Gasteiger partial charge on any atom is -0.359 e. The van der Waals surface area contributed by atoms with E-state index in [-0.39, 0.29) is 0 Å². The molecule has 0 amide bonds. The molecule has 1 aromatic rings. The van der Waals surface area contributed by atoms with E-state index in [0.29, 0.717) is 11.9 Å². The van der Waals surface area contributed by atoms with Gasteiger partial charge in [0.2, 0.25) is 5.95 Å². The summed E-state index contributed by atoms with van der Waals surface area (Å²) in [5, 5.41) is 3.15. The Morgan fingerprint density at radius 3 is 2.71 bits per heavy atom. The fourth-order valence-corrected chi connectivity index (χ4v) is 1.75. The molecule has 1 unspecified atom stereocenters. The lowest BCUT2D eigenvalue weighted by atomic mass is 10.1. The number of rotatable bonds is 6. The van der Waals surface area contributed by atoms with Crippen molar-refractivity contribution >= 4 is 11.8 Å². The Bertz CT molecular complexity index is 351. The van der Waals surface area contributed by atoms with E-state index in [4.69, 9.17) is 0 Å². The van der Waals surface area contributed by atoms with Gasteiger partial charge in [-0.25, -0.2) is 4.98 Å². The van der Waals surface area contributed by atoms with Crippen molar-refractivity contribution < 1.29 is 0 Å². The molecule has 1 aromatic heterocycles. The number of nitrogens with zero attached hydrogens (tertiary/aromatic N) is 3. The normalized spacial score (nSPS) is 12.3. The van der Waals surface area contributed by atoms with Crippen molar-refractivity contribution in [2.24, 2.45) is 5.92 Å². The largest absolute Gasteiger partial charge is 0.359 e. The molecular formula is C13H24N4. The van der Waals surface area contributed by atoms with Gasteiger partial charge in [-0.05, 0) is 19.8 Å². The molecule has 0 spiro atoms. The Labute approximate surface area is 104 Å². The number of aryl methyl sites for hydroxylation is 1. The van der Waals surface area contributed by atoms with Gasteiger partial charge < -0.3 is 10.2 Å². The van der Waals surface area contributed by atoms with Gasteiger partial charge in [-0.15, -0.1) is 0 Å². The lowest BCUT2D eigenvalue weighted by Crippen LogP contribution is -2.25. The first-order chi connectivity index (χ1) is 8.08. The fraction of sp³-hybridized carbons (Fsp3) is 0.692. The summed E-state index contributed by atoms with van der Waals surface area (Å²) in [6.07, 6.45) is 3.07. The van der Waals surface area contributed by atoms with Crippen LogP contribution in [0.15, 0.2) is 6.20 Å². The second-order valence-electron chi connectivity index (χ2n) is 4.62. The van der Waals surface area contributed by atoms with Crippen LogP contribution >= 0.6 is 0 Å². The van der Waals surface area contributed by atoms with Gasteiger partial charge in [0, 0.05) is 31.9 Å². The molecule has 0 radical (unpaired) electrons. The average Bonchev–Trinajstić information content (AvgIpc) is 2.31. The lowest BCUT2D eigenvalue weighted by Gasteiger charge is -2.23. The molecular weight excluding hydrogens is 212 g/mol. The highest BCUT2D eigenvalue weighted by atomic mass is 15.2. The van der Waals surface area contributed by atoms with E-state index in [0.717, 1.165) is 24.5 Å². The van der Waals surface area contributed by atoms with E-state index in [1.54, 1.807) is 0 Å². The quantitative estimate of drug-likeness (QED) is 0.824. The Kier molecular flexibility index (Phi) is 5.19. The van der Waals surface area contributed by atoms with E-state index in [1.165, 1.54) is 6.42 Å². The lowest BCUT2D eigenvalue weighted by molar-refractivity contribution is 0.557. The first-order valence-electron chi connectivity index (χ1n) is 6.37. The molecule has 96 valence electrons. The molecule has 0 aromatic carbocycles. The van der Waals surface area contributed by atoms with Gasteiger partial charge in [-0.1, -0.05) is 20.3 Å². The summed E-state index contributed by atoms with van der Waals surface area (Å²) in [5.74, 6) is 2.41. The molecule has 0 aliphatic heterocycles. The van der Waals surface area contributed by atoms with Crippen LogP contribution in [-0.4, -0.2) is 30.1 Å². The molecule has 1 rings (SSSR count). The van der Waals surface area contributed by atoms with Crippen LogP contribution in [0.3, 0.4) is 0 Å². The van der Waals surface area contributed by atoms with E-state index in [9.17, 15) is 0 Å². The van der Waals surface area contributed by atoms with Crippen molar-refractivity contribution in [3.05, 3.63) is 11.8 Å². The first-order valence-corrected chi connectivity index (χ1v) is 6.37. The molecule has 17 heavy (non-hydrogen) atoms. The smallest absolute Gasteiger partial charge is 0.224 e. The number of hydrogen-bond acceptors (Lipinski definition) is 4. The van der Waals surface area contributed by atoms with Gasteiger partial charge in [0.25, 0.3) is 0 Å². The average molecular weight is 236 g/mol. The molecule has 0 fully saturated rings. The topological polar surface area (TPSA) is 41.1 Å². The fourth-order valence-electron chi connectivity index (χ4n) is 1.75. The zero-order valence-corrected chi connectivity index (χ0v) is 11.6. The Hall–Kier alpha value is -1.32. The summed E-state index contributed by atoms with van der Waals surface area (Å²) in [6, 6.07) is 0. The van der Waals surface area contributed by atoms with Crippen molar-refractivity contribution in [2.45, 2.75) is 34.1 Å². The highest BCUT2D eigenvalue weighted by Gasteiger charge is 2.10.